The van der Waals surface area contributed by atoms with Gasteiger partial charge in [-0.2, -0.15) is 13.2 Å². The number of pyridine rings is 1. The highest BCUT2D eigenvalue weighted by atomic mass is 19.4. The molecule has 1 aromatic rings. The zero-order valence-corrected chi connectivity index (χ0v) is 9.65. The van der Waals surface area contributed by atoms with Gasteiger partial charge in [-0.1, -0.05) is 6.07 Å². The molecule has 1 aliphatic heterocycles. The molecule has 0 saturated carbocycles. The third-order valence-electron chi connectivity index (χ3n) is 3.03. The van der Waals surface area contributed by atoms with Crippen molar-refractivity contribution in [1.82, 2.24) is 4.98 Å². The molecule has 0 bridgehead atoms. The highest BCUT2D eigenvalue weighted by molar-refractivity contribution is 5.65. The maximum absolute atomic E-state index is 12.6. The molecular weight excluding hydrogens is 245 g/mol. The lowest BCUT2D eigenvalue weighted by Gasteiger charge is -2.33. The molecule has 0 radical (unpaired) electrons. The Kier molecular flexibility index (Phi) is 3.54. The lowest BCUT2D eigenvalue weighted by Crippen LogP contribution is -2.41. The second kappa shape index (κ2) is 4.96. The third kappa shape index (κ3) is 2.63. The standard InChI is InChI=1S/C12H13F3N2O/c13-12(14,15)10-5-3-6-11(16-10)17-7-2-1-4-9(17)8-18/h3,5-6,8-9H,1-2,4,7H2. The smallest absolute Gasteiger partial charge is 0.347 e. The van der Waals surface area contributed by atoms with Crippen LogP contribution in [0.2, 0.25) is 0 Å². The first-order valence-corrected chi connectivity index (χ1v) is 5.78. The van der Waals surface area contributed by atoms with Crippen molar-refractivity contribution in [3.05, 3.63) is 23.9 Å². The second-order valence-electron chi connectivity index (χ2n) is 4.27. The maximum atomic E-state index is 12.6. The van der Waals surface area contributed by atoms with Gasteiger partial charge in [-0.15, -0.1) is 0 Å². The molecular formula is C12H13F3N2O. The molecule has 18 heavy (non-hydrogen) atoms. The highest BCUT2D eigenvalue weighted by Crippen LogP contribution is 2.30. The van der Waals surface area contributed by atoms with Crippen LogP contribution in [0.1, 0.15) is 25.0 Å². The van der Waals surface area contributed by atoms with E-state index in [1.54, 1.807) is 4.90 Å². The van der Waals surface area contributed by atoms with Crippen molar-refractivity contribution in [1.29, 1.82) is 0 Å². The molecule has 0 aromatic carbocycles. The number of hydrogen-bond acceptors (Lipinski definition) is 3. The average molecular weight is 258 g/mol. The minimum Gasteiger partial charge on any atom is -0.347 e. The van der Waals surface area contributed by atoms with Crippen molar-refractivity contribution in [3.8, 4) is 0 Å². The van der Waals surface area contributed by atoms with Crippen LogP contribution in [0.25, 0.3) is 0 Å². The zero-order valence-electron chi connectivity index (χ0n) is 9.65. The van der Waals surface area contributed by atoms with Crippen LogP contribution in [0.15, 0.2) is 18.2 Å². The number of aldehydes is 1. The Morgan fingerprint density at radius 1 is 1.33 bits per heavy atom. The van der Waals surface area contributed by atoms with Crippen LogP contribution in [0.4, 0.5) is 19.0 Å². The van der Waals surface area contributed by atoms with E-state index >= 15 is 0 Å². The number of halogens is 3. The van der Waals surface area contributed by atoms with Crippen molar-refractivity contribution < 1.29 is 18.0 Å². The fraction of sp³-hybridized carbons (Fsp3) is 0.500. The normalized spacial score (nSPS) is 20.8. The van der Waals surface area contributed by atoms with Crippen LogP contribution in [0.5, 0.6) is 0 Å². The molecule has 2 heterocycles. The summed E-state index contributed by atoms with van der Waals surface area (Å²) in [7, 11) is 0. The Balaban J connectivity index is 2.29. The van der Waals surface area contributed by atoms with Crippen LogP contribution in [-0.4, -0.2) is 23.9 Å². The number of aromatic nitrogens is 1. The molecule has 98 valence electrons. The Morgan fingerprint density at radius 3 is 2.78 bits per heavy atom. The highest BCUT2D eigenvalue weighted by Gasteiger charge is 2.33. The van der Waals surface area contributed by atoms with E-state index < -0.39 is 11.9 Å². The van der Waals surface area contributed by atoms with Gasteiger partial charge in [0.05, 0.1) is 6.04 Å². The van der Waals surface area contributed by atoms with Gasteiger partial charge in [-0.25, -0.2) is 4.98 Å². The Hall–Kier alpha value is -1.59. The van der Waals surface area contributed by atoms with E-state index in [2.05, 4.69) is 4.98 Å². The fourth-order valence-electron chi connectivity index (χ4n) is 2.12. The quantitative estimate of drug-likeness (QED) is 0.765. The Bertz CT molecular complexity index is 434. The van der Waals surface area contributed by atoms with Crippen LogP contribution >= 0.6 is 0 Å². The zero-order chi connectivity index (χ0) is 13.2. The van der Waals surface area contributed by atoms with Gasteiger partial charge in [0.2, 0.25) is 0 Å². The van der Waals surface area contributed by atoms with Gasteiger partial charge in [0.1, 0.15) is 17.8 Å². The summed E-state index contributed by atoms with van der Waals surface area (Å²) in [6, 6.07) is 3.40. The molecule has 0 amide bonds. The van der Waals surface area contributed by atoms with Crippen LogP contribution in [0.3, 0.4) is 0 Å². The van der Waals surface area contributed by atoms with Gasteiger partial charge >= 0.3 is 6.18 Å². The molecule has 1 saturated heterocycles. The number of alkyl halides is 3. The number of carbonyl (C=O) groups excluding carboxylic acids is 1. The molecule has 1 atom stereocenters. The van der Waals surface area contributed by atoms with Crippen molar-refractivity contribution in [2.45, 2.75) is 31.5 Å². The lowest BCUT2D eigenvalue weighted by molar-refractivity contribution is -0.141. The third-order valence-corrected chi connectivity index (χ3v) is 3.03. The van der Waals surface area contributed by atoms with Gasteiger partial charge in [0.25, 0.3) is 0 Å². The molecule has 0 spiro atoms. The molecule has 1 aromatic heterocycles. The number of carbonyl (C=O) groups is 1. The van der Waals surface area contributed by atoms with Crippen molar-refractivity contribution in [3.63, 3.8) is 0 Å². The van der Waals surface area contributed by atoms with E-state index in [-0.39, 0.29) is 11.9 Å². The van der Waals surface area contributed by atoms with Crippen molar-refractivity contribution in [2.75, 3.05) is 11.4 Å². The van der Waals surface area contributed by atoms with Gasteiger partial charge in [-0.3, -0.25) is 0 Å². The fourth-order valence-corrected chi connectivity index (χ4v) is 2.12. The van der Waals surface area contributed by atoms with Crippen molar-refractivity contribution >= 4 is 12.1 Å². The van der Waals surface area contributed by atoms with E-state index in [4.69, 9.17) is 0 Å². The maximum Gasteiger partial charge on any atom is 0.433 e. The molecule has 3 nitrogen and oxygen atoms in total. The number of piperidine rings is 1. The van der Waals surface area contributed by atoms with Crippen LogP contribution in [-0.2, 0) is 11.0 Å². The lowest BCUT2D eigenvalue weighted by atomic mass is 10.0. The molecule has 0 N–H and O–H groups in total. The first-order chi connectivity index (χ1) is 8.52. The molecule has 1 aliphatic rings. The average Bonchev–Trinajstić information content (AvgIpc) is 2.38. The predicted octanol–water partition coefficient (Wildman–Crippen LogP) is 2.66. The Morgan fingerprint density at radius 2 is 2.11 bits per heavy atom. The van der Waals surface area contributed by atoms with Crippen LogP contribution < -0.4 is 4.90 Å². The monoisotopic (exact) mass is 258 g/mol. The van der Waals surface area contributed by atoms with E-state index in [0.717, 1.165) is 25.2 Å². The van der Waals surface area contributed by atoms with E-state index in [1.165, 1.54) is 12.1 Å². The SMILES string of the molecule is O=CC1CCCCN1c1cccc(C(F)(F)F)n1. The molecule has 1 fully saturated rings. The summed E-state index contributed by atoms with van der Waals surface area (Å²) < 4.78 is 37.7. The van der Waals surface area contributed by atoms with Gasteiger partial charge in [0.15, 0.2) is 0 Å². The number of nitrogens with zero attached hydrogens (tertiary/aromatic N) is 2. The van der Waals surface area contributed by atoms with E-state index in [9.17, 15) is 18.0 Å². The first-order valence-electron chi connectivity index (χ1n) is 5.78. The minimum absolute atomic E-state index is 0.224. The Labute approximate surface area is 103 Å². The molecule has 2 rings (SSSR count). The minimum atomic E-state index is -4.46. The van der Waals surface area contributed by atoms with E-state index in [1.807, 2.05) is 0 Å². The van der Waals surface area contributed by atoms with Gasteiger partial charge in [-0.05, 0) is 31.4 Å². The summed E-state index contributed by atoms with van der Waals surface area (Å²) in [5, 5.41) is 0. The number of rotatable bonds is 2. The summed E-state index contributed by atoms with van der Waals surface area (Å²) >= 11 is 0. The largest absolute Gasteiger partial charge is 0.433 e. The second-order valence-corrected chi connectivity index (χ2v) is 4.27. The van der Waals surface area contributed by atoms with Crippen molar-refractivity contribution in [2.24, 2.45) is 0 Å². The summed E-state index contributed by atoms with van der Waals surface area (Å²) in [5.41, 5.74) is -0.921. The van der Waals surface area contributed by atoms with E-state index in [0.29, 0.717) is 13.0 Å². The first kappa shape index (κ1) is 12.9. The molecule has 1 unspecified atom stereocenters. The van der Waals surface area contributed by atoms with Gasteiger partial charge < -0.3 is 9.69 Å². The van der Waals surface area contributed by atoms with Gasteiger partial charge in [0, 0.05) is 6.54 Å². The number of hydrogen-bond donors (Lipinski definition) is 0. The predicted molar refractivity (Wildman–Crippen MR) is 60.3 cm³/mol. The summed E-state index contributed by atoms with van der Waals surface area (Å²) in [6.07, 6.45) is -1.23. The summed E-state index contributed by atoms with van der Waals surface area (Å²) in [6.45, 7) is 0.567. The van der Waals surface area contributed by atoms with Crippen LogP contribution in [0, 0.1) is 0 Å². The number of anilines is 1. The summed E-state index contributed by atoms with van der Waals surface area (Å²) in [4.78, 5) is 16.2. The summed E-state index contributed by atoms with van der Waals surface area (Å²) in [5.74, 6) is 0.224. The molecule has 6 heteroatoms. The molecule has 0 aliphatic carbocycles. The topological polar surface area (TPSA) is 33.2 Å².